The van der Waals surface area contributed by atoms with Gasteiger partial charge in [-0.1, -0.05) is 18.2 Å². The summed E-state index contributed by atoms with van der Waals surface area (Å²) >= 11 is 0. The second-order valence-electron chi connectivity index (χ2n) is 9.48. The zero-order chi connectivity index (χ0) is 26.1. The molecule has 0 N–H and O–H groups in total. The summed E-state index contributed by atoms with van der Waals surface area (Å²) in [6.45, 7) is 3.59. The number of carbonyl (C=O) groups is 3. The molecule has 1 aromatic carbocycles. The fourth-order valence-corrected chi connectivity index (χ4v) is 4.40. The van der Waals surface area contributed by atoms with Crippen LogP contribution in [0.2, 0.25) is 0 Å². The summed E-state index contributed by atoms with van der Waals surface area (Å²) in [7, 11) is 5.25. The predicted molar refractivity (Wildman–Crippen MR) is 139 cm³/mol. The van der Waals surface area contributed by atoms with Crippen molar-refractivity contribution in [2.45, 2.75) is 51.5 Å². The SMILES string of the molecule is Cc1cccc(C(=O)N(C)CCCC[C@H]2C(=O)N(C)CCCCCOc3ccccc3C(=O)N2C)n1. The maximum Gasteiger partial charge on any atom is 0.272 e. The molecule has 0 saturated carbocycles. The van der Waals surface area contributed by atoms with Crippen molar-refractivity contribution in [1.82, 2.24) is 19.7 Å². The van der Waals surface area contributed by atoms with Gasteiger partial charge in [-0.3, -0.25) is 14.4 Å². The molecule has 36 heavy (non-hydrogen) atoms. The monoisotopic (exact) mass is 494 g/mol. The highest BCUT2D eigenvalue weighted by molar-refractivity contribution is 5.99. The number of benzene rings is 1. The highest BCUT2D eigenvalue weighted by Gasteiger charge is 2.31. The van der Waals surface area contributed by atoms with Gasteiger partial charge >= 0.3 is 0 Å². The van der Waals surface area contributed by atoms with E-state index in [0.29, 0.717) is 56.0 Å². The molecule has 0 saturated heterocycles. The number of likely N-dealkylation sites (N-methyl/N-ethyl adjacent to an activating group) is 2. The molecule has 0 bridgehead atoms. The molecule has 1 aliphatic rings. The number of amides is 3. The maximum atomic E-state index is 13.4. The van der Waals surface area contributed by atoms with Crippen molar-refractivity contribution in [1.29, 1.82) is 0 Å². The van der Waals surface area contributed by atoms with Crippen LogP contribution in [0.25, 0.3) is 0 Å². The lowest BCUT2D eigenvalue weighted by atomic mass is 10.0. The first-order valence-electron chi connectivity index (χ1n) is 12.7. The van der Waals surface area contributed by atoms with Crippen molar-refractivity contribution in [2.75, 3.05) is 40.8 Å². The average Bonchev–Trinajstić information content (AvgIpc) is 2.89. The molecular formula is C28H38N4O4. The summed E-state index contributed by atoms with van der Waals surface area (Å²) < 4.78 is 5.91. The summed E-state index contributed by atoms with van der Waals surface area (Å²) in [4.78, 5) is 48.8. The average molecular weight is 495 g/mol. The minimum absolute atomic E-state index is 0.0584. The topological polar surface area (TPSA) is 83.1 Å². The maximum absolute atomic E-state index is 13.4. The van der Waals surface area contributed by atoms with Gasteiger partial charge < -0.3 is 19.4 Å². The quantitative estimate of drug-likeness (QED) is 0.571. The summed E-state index contributed by atoms with van der Waals surface area (Å²) in [5.41, 5.74) is 1.70. The molecule has 3 rings (SSSR count). The van der Waals surface area contributed by atoms with Crippen LogP contribution >= 0.6 is 0 Å². The molecule has 1 aliphatic heterocycles. The Bertz CT molecular complexity index is 1060. The first kappa shape index (κ1) is 27.2. The smallest absolute Gasteiger partial charge is 0.272 e. The van der Waals surface area contributed by atoms with Crippen molar-refractivity contribution < 1.29 is 19.1 Å². The van der Waals surface area contributed by atoms with Gasteiger partial charge in [-0.05, 0) is 69.7 Å². The first-order valence-corrected chi connectivity index (χ1v) is 12.7. The van der Waals surface area contributed by atoms with Crippen molar-refractivity contribution in [2.24, 2.45) is 0 Å². The fraction of sp³-hybridized carbons (Fsp3) is 0.500. The third kappa shape index (κ3) is 7.06. The predicted octanol–water partition coefficient (Wildman–Crippen LogP) is 3.79. The van der Waals surface area contributed by atoms with Crippen LogP contribution in [0.5, 0.6) is 5.75 Å². The lowest BCUT2D eigenvalue weighted by Crippen LogP contribution is -2.48. The lowest BCUT2D eigenvalue weighted by molar-refractivity contribution is -0.134. The molecule has 8 heteroatoms. The van der Waals surface area contributed by atoms with E-state index in [2.05, 4.69) is 4.98 Å². The Morgan fingerprint density at radius 1 is 1.06 bits per heavy atom. The molecule has 1 aromatic heterocycles. The van der Waals surface area contributed by atoms with Gasteiger partial charge in [0.15, 0.2) is 0 Å². The van der Waals surface area contributed by atoms with Gasteiger partial charge in [-0.25, -0.2) is 4.98 Å². The van der Waals surface area contributed by atoms with Crippen LogP contribution in [0.4, 0.5) is 0 Å². The number of para-hydroxylation sites is 1. The van der Waals surface area contributed by atoms with Crippen LogP contribution in [0.3, 0.4) is 0 Å². The molecule has 0 aliphatic carbocycles. The number of unbranched alkanes of at least 4 members (excludes halogenated alkanes) is 1. The second-order valence-corrected chi connectivity index (χ2v) is 9.48. The number of hydrogen-bond acceptors (Lipinski definition) is 5. The fourth-order valence-electron chi connectivity index (χ4n) is 4.40. The molecule has 8 nitrogen and oxygen atoms in total. The Labute approximate surface area is 214 Å². The number of carbonyl (C=O) groups excluding carboxylic acids is 3. The lowest BCUT2D eigenvalue weighted by Gasteiger charge is -2.31. The molecule has 3 amide bonds. The second kappa shape index (κ2) is 13.0. The van der Waals surface area contributed by atoms with E-state index in [-0.39, 0.29) is 17.7 Å². The van der Waals surface area contributed by atoms with Gasteiger partial charge in [0, 0.05) is 39.9 Å². The van der Waals surface area contributed by atoms with Crippen molar-refractivity contribution in [3.05, 3.63) is 59.4 Å². The molecule has 0 unspecified atom stereocenters. The number of aryl methyl sites for hydroxylation is 1. The Kier molecular flexibility index (Phi) is 9.85. The van der Waals surface area contributed by atoms with Crippen LogP contribution in [0, 0.1) is 6.92 Å². The Morgan fingerprint density at radius 3 is 2.61 bits per heavy atom. The zero-order valence-electron chi connectivity index (χ0n) is 21.9. The van der Waals surface area contributed by atoms with E-state index in [0.717, 1.165) is 25.0 Å². The van der Waals surface area contributed by atoms with Crippen LogP contribution in [0.1, 0.15) is 65.1 Å². The van der Waals surface area contributed by atoms with E-state index in [4.69, 9.17) is 4.74 Å². The summed E-state index contributed by atoms with van der Waals surface area (Å²) in [5.74, 6) is 0.143. The summed E-state index contributed by atoms with van der Waals surface area (Å²) in [5, 5.41) is 0. The third-order valence-electron chi connectivity index (χ3n) is 6.64. The van der Waals surface area contributed by atoms with Crippen molar-refractivity contribution in [3.8, 4) is 5.75 Å². The molecule has 1 atom stereocenters. The number of nitrogens with zero attached hydrogens (tertiary/aromatic N) is 4. The van der Waals surface area contributed by atoms with Gasteiger partial charge in [-0.2, -0.15) is 0 Å². The van der Waals surface area contributed by atoms with E-state index in [1.165, 1.54) is 0 Å². The van der Waals surface area contributed by atoms with Gasteiger partial charge in [0.1, 0.15) is 17.5 Å². The Morgan fingerprint density at radius 2 is 1.83 bits per heavy atom. The molecule has 194 valence electrons. The molecule has 2 aromatic rings. The van der Waals surface area contributed by atoms with E-state index in [9.17, 15) is 14.4 Å². The van der Waals surface area contributed by atoms with Gasteiger partial charge in [0.2, 0.25) is 5.91 Å². The van der Waals surface area contributed by atoms with Crippen molar-refractivity contribution in [3.63, 3.8) is 0 Å². The van der Waals surface area contributed by atoms with Gasteiger partial charge in [0.05, 0.1) is 12.2 Å². The van der Waals surface area contributed by atoms with E-state index in [1.54, 1.807) is 54.0 Å². The largest absolute Gasteiger partial charge is 0.493 e. The van der Waals surface area contributed by atoms with Crippen LogP contribution in [-0.2, 0) is 4.79 Å². The third-order valence-corrected chi connectivity index (χ3v) is 6.64. The van der Waals surface area contributed by atoms with Gasteiger partial charge in [-0.15, -0.1) is 0 Å². The number of rotatable bonds is 6. The summed E-state index contributed by atoms with van der Waals surface area (Å²) in [6, 6.07) is 12.0. The van der Waals surface area contributed by atoms with Crippen LogP contribution in [-0.4, -0.2) is 84.3 Å². The minimum Gasteiger partial charge on any atom is -0.493 e. The van der Waals surface area contributed by atoms with Crippen LogP contribution in [0.15, 0.2) is 42.5 Å². The molecule has 0 spiro atoms. The standard InChI is InChI=1S/C28H38N4O4/c1-21-13-12-15-23(29-21)27(34)30(2)19-10-8-16-24-28(35)31(3)18-9-5-11-20-36-25-17-7-6-14-22(25)26(33)32(24)4/h6-7,12-15,17,24H,5,8-11,16,18-20H2,1-4H3/t24-/m0/s1. The van der Waals surface area contributed by atoms with Crippen LogP contribution < -0.4 is 4.74 Å². The van der Waals surface area contributed by atoms with Crippen molar-refractivity contribution >= 4 is 17.7 Å². The van der Waals surface area contributed by atoms with Gasteiger partial charge in [0.25, 0.3) is 11.8 Å². The van der Waals surface area contributed by atoms with E-state index >= 15 is 0 Å². The normalized spacial score (nSPS) is 17.4. The minimum atomic E-state index is -0.587. The molecule has 0 fully saturated rings. The van der Waals surface area contributed by atoms with E-state index in [1.807, 2.05) is 31.2 Å². The number of fused-ring (bicyclic) bond motifs is 1. The Balaban J connectivity index is 1.68. The number of hydrogen-bond donors (Lipinski definition) is 0. The molecular weight excluding hydrogens is 456 g/mol. The highest BCUT2D eigenvalue weighted by atomic mass is 16.5. The summed E-state index contributed by atoms with van der Waals surface area (Å²) in [6.07, 6.45) is 4.62. The molecule has 0 radical (unpaired) electrons. The molecule has 2 heterocycles. The number of ether oxygens (including phenoxy) is 1. The highest BCUT2D eigenvalue weighted by Crippen LogP contribution is 2.23. The Hall–Kier alpha value is -3.42. The zero-order valence-corrected chi connectivity index (χ0v) is 21.9. The van der Waals surface area contributed by atoms with E-state index < -0.39 is 6.04 Å². The number of pyridine rings is 1. The first-order chi connectivity index (χ1) is 17.3. The number of aromatic nitrogens is 1.